The van der Waals surface area contributed by atoms with Crippen LogP contribution in [0, 0.1) is 12.7 Å². The van der Waals surface area contributed by atoms with Crippen LogP contribution in [0.3, 0.4) is 0 Å². The van der Waals surface area contributed by atoms with E-state index in [0.29, 0.717) is 17.3 Å². The molecule has 6 nitrogen and oxygen atoms in total. The lowest BCUT2D eigenvalue weighted by atomic mass is 10.1. The van der Waals surface area contributed by atoms with Crippen LogP contribution in [-0.2, 0) is 11.2 Å². The third-order valence-electron chi connectivity index (χ3n) is 4.12. The minimum atomic E-state index is -0.496. The third-order valence-corrected chi connectivity index (χ3v) is 4.48. The maximum atomic E-state index is 13.8. The number of halogens is 2. The highest BCUT2D eigenvalue weighted by Gasteiger charge is 2.12. The second-order valence-electron chi connectivity index (χ2n) is 6.68. The van der Waals surface area contributed by atoms with Gasteiger partial charge in [0.15, 0.2) is 0 Å². The fourth-order valence-corrected chi connectivity index (χ4v) is 2.93. The number of carbonyl (C=O) groups excluding carboxylic acids is 1. The molecule has 0 fully saturated rings. The Kier molecular flexibility index (Phi) is 6.29. The topological polar surface area (TPSA) is 70.2 Å². The summed E-state index contributed by atoms with van der Waals surface area (Å²) >= 11 is 5.97. The monoisotopic (exact) mass is 413 g/mol. The lowest BCUT2D eigenvalue weighted by molar-refractivity contribution is -0.115. The molecule has 0 saturated heterocycles. The number of nitrogens with zero attached hydrogens (tertiary/aromatic N) is 3. The standard InChI is InChI=1S/C21H21ClFN5O/c1-13-24-19(12-20(25-13)28(2)3)26-14-7-9-15(10-8-14)27-21(29)11-16-17(22)5-4-6-18(16)23/h4-10,12H,11H2,1-3H3,(H,27,29)(H,24,25,26). The van der Waals surface area contributed by atoms with Crippen molar-refractivity contribution < 1.29 is 9.18 Å². The van der Waals surface area contributed by atoms with Crippen LogP contribution >= 0.6 is 11.6 Å². The molecule has 0 aliphatic carbocycles. The molecule has 0 bridgehead atoms. The molecule has 0 atom stereocenters. The molecule has 8 heteroatoms. The molecule has 3 rings (SSSR count). The number of rotatable bonds is 6. The van der Waals surface area contributed by atoms with Gasteiger partial charge in [-0.05, 0) is 43.3 Å². The van der Waals surface area contributed by atoms with Gasteiger partial charge in [0.2, 0.25) is 5.91 Å². The van der Waals surface area contributed by atoms with E-state index in [1.54, 1.807) is 18.2 Å². The first-order valence-corrected chi connectivity index (χ1v) is 9.32. The Bertz CT molecular complexity index is 1000. The molecule has 3 aromatic rings. The van der Waals surface area contributed by atoms with Crippen LogP contribution in [-0.4, -0.2) is 30.0 Å². The number of hydrogen-bond donors (Lipinski definition) is 2. The van der Waals surface area contributed by atoms with Crippen molar-refractivity contribution in [2.75, 3.05) is 29.6 Å². The summed E-state index contributed by atoms with van der Waals surface area (Å²) in [6.45, 7) is 1.83. The van der Waals surface area contributed by atoms with Crippen LogP contribution in [0.4, 0.5) is 27.4 Å². The van der Waals surface area contributed by atoms with Crippen molar-refractivity contribution in [3.8, 4) is 0 Å². The largest absolute Gasteiger partial charge is 0.363 e. The molecular formula is C21H21ClFN5O. The Hall–Kier alpha value is -3.19. The highest BCUT2D eigenvalue weighted by Crippen LogP contribution is 2.22. The quantitative estimate of drug-likeness (QED) is 0.619. The maximum absolute atomic E-state index is 13.8. The number of aromatic nitrogens is 2. The number of amides is 1. The van der Waals surface area contributed by atoms with Gasteiger partial charge < -0.3 is 15.5 Å². The summed E-state index contributed by atoms with van der Waals surface area (Å²) in [6, 6.07) is 13.3. The zero-order valence-corrected chi connectivity index (χ0v) is 17.1. The zero-order valence-electron chi connectivity index (χ0n) is 16.3. The smallest absolute Gasteiger partial charge is 0.228 e. The Balaban J connectivity index is 1.65. The van der Waals surface area contributed by atoms with Gasteiger partial charge in [-0.25, -0.2) is 14.4 Å². The summed E-state index contributed by atoms with van der Waals surface area (Å²) in [7, 11) is 3.83. The summed E-state index contributed by atoms with van der Waals surface area (Å²) in [5.41, 5.74) is 1.59. The van der Waals surface area contributed by atoms with Gasteiger partial charge in [0.25, 0.3) is 0 Å². The van der Waals surface area contributed by atoms with Gasteiger partial charge in [-0.15, -0.1) is 0 Å². The van der Waals surface area contributed by atoms with E-state index in [1.807, 2.05) is 44.1 Å². The van der Waals surface area contributed by atoms with E-state index >= 15 is 0 Å². The third kappa shape index (κ3) is 5.42. The fourth-order valence-electron chi connectivity index (χ4n) is 2.70. The van der Waals surface area contributed by atoms with E-state index in [0.717, 1.165) is 11.5 Å². The minimum absolute atomic E-state index is 0.140. The molecule has 0 saturated carbocycles. The molecular weight excluding hydrogens is 393 g/mol. The number of carbonyl (C=O) groups is 1. The van der Waals surface area contributed by atoms with Gasteiger partial charge in [0.1, 0.15) is 23.3 Å². The normalized spacial score (nSPS) is 10.5. The Morgan fingerprint density at radius 1 is 1.10 bits per heavy atom. The number of aryl methyl sites for hydroxylation is 1. The van der Waals surface area contributed by atoms with Crippen LogP contribution in [0.1, 0.15) is 11.4 Å². The van der Waals surface area contributed by atoms with Crippen molar-refractivity contribution in [1.29, 1.82) is 0 Å². The first kappa shape index (κ1) is 20.5. The molecule has 2 aromatic carbocycles. The molecule has 150 valence electrons. The second kappa shape index (κ2) is 8.87. The van der Waals surface area contributed by atoms with Crippen molar-refractivity contribution in [2.45, 2.75) is 13.3 Å². The number of nitrogens with one attached hydrogen (secondary N) is 2. The molecule has 1 aromatic heterocycles. The predicted molar refractivity (Wildman–Crippen MR) is 115 cm³/mol. The van der Waals surface area contributed by atoms with Gasteiger partial charge >= 0.3 is 0 Å². The minimum Gasteiger partial charge on any atom is -0.363 e. The van der Waals surface area contributed by atoms with Crippen molar-refractivity contribution in [3.05, 3.63) is 70.8 Å². The molecule has 0 aliphatic heterocycles. The molecule has 0 aliphatic rings. The van der Waals surface area contributed by atoms with E-state index in [2.05, 4.69) is 20.6 Å². The Morgan fingerprint density at radius 3 is 2.45 bits per heavy atom. The van der Waals surface area contributed by atoms with Crippen molar-refractivity contribution >= 4 is 40.5 Å². The summed E-state index contributed by atoms with van der Waals surface area (Å²) in [6.07, 6.45) is -0.140. The van der Waals surface area contributed by atoms with Gasteiger partial charge in [-0.2, -0.15) is 0 Å². The molecule has 29 heavy (non-hydrogen) atoms. The number of anilines is 4. The second-order valence-corrected chi connectivity index (χ2v) is 7.09. The van der Waals surface area contributed by atoms with Gasteiger partial charge in [-0.1, -0.05) is 17.7 Å². The summed E-state index contributed by atoms with van der Waals surface area (Å²) in [4.78, 5) is 22.9. The van der Waals surface area contributed by atoms with Crippen LogP contribution in [0.25, 0.3) is 0 Å². The average molecular weight is 414 g/mol. The Morgan fingerprint density at radius 2 is 1.79 bits per heavy atom. The van der Waals surface area contributed by atoms with E-state index in [-0.39, 0.29) is 22.9 Å². The summed E-state index contributed by atoms with van der Waals surface area (Å²) in [5, 5.41) is 6.20. The maximum Gasteiger partial charge on any atom is 0.228 e. The van der Waals surface area contributed by atoms with E-state index in [9.17, 15) is 9.18 Å². The first-order chi connectivity index (χ1) is 13.8. The van der Waals surface area contributed by atoms with Crippen LogP contribution in [0.5, 0.6) is 0 Å². The van der Waals surface area contributed by atoms with Crippen molar-refractivity contribution in [3.63, 3.8) is 0 Å². The van der Waals surface area contributed by atoms with Crippen molar-refractivity contribution in [2.24, 2.45) is 0 Å². The lowest BCUT2D eigenvalue weighted by Gasteiger charge is -2.14. The SMILES string of the molecule is Cc1nc(Nc2ccc(NC(=O)Cc3c(F)cccc3Cl)cc2)cc(N(C)C)n1. The fraction of sp³-hybridized carbons (Fsp3) is 0.190. The van der Waals surface area contributed by atoms with E-state index in [1.165, 1.54) is 12.1 Å². The molecule has 1 heterocycles. The highest BCUT2D eigenvalue weighted by atomic mass is 35.5. The lowest BCUT2D eigenvalue weighted by Crippen LogP contribution is -2.15. The Labute approximate surface area is 173 Å². The first-order valence-electron chi connectivity index (χ1n) is 8.94. The zero-order chi connectivity index (χ0) is 21.0. The molecule has 0 spiro atoms. The van der Waals surface area contributed by atoms with E-state index < -0.39 is 5.82 Å². The van der Waals surface area contributed by atoms with Crippen LogP contribution < -0.4 is 15.5 Å². The van der Waals surface area contributed by atoms with Crippen molar-refractivity contribution in [1.82, 2.24) is 9.97 Å². The summed E-state index contributed by atoms with van der Waals surface area (Å²) in [5.74, 6) is 1.29. The predicted octanol–water partition coefficient (Wildman–Crippen LogP) is 4.57. The molecule has 2 N–H and O–H groups in total. The summed E-state index contributed by atoms with van der Waals surface area (Å²) < 4.78 is 13.8. The van der Waals surface area contributed by atoms with Gasteiger partial charge in [-0.3, -0.25) is 4.79 Å². The number of hydrogen-bond acceptors (Lipinski definition) is 5. The van der Waals surface area contributed by atoms with E-state index in [4.69, 9.17) is 11.6 Å². The molecule has 1 amide bonds. The molecule has 0 unspecified atom stereocenters. The number of benzene rings is 2. The van der Waals surface area contributed by atoms with Crippen LogP contribution in [0.15, 0.2) is 48.5 Å². The van der Waals surface area contributed by atoms with Crippen LogP contribution in [0.2, 0.25) is 5.02 Å². The van der Waals surface area contributed by atoms with Gasteiger partial charge in [0.05, 0.1) is 6.42 Å². The highest BCUT2D eigenvalue weighted by molar-refractivity contribution is 6.31. The average Bonchev–Trinajstić information content (AvgIpc) is 2.66. The van der Waals surface area contributed by atoms with Gasteiger partial charge in [0, 0.05) is 42.1 Å². The molecule has 0 radical (unpaired) electrons.